The van der Waals surface area contributed by atoms with Crippen LogP contribution in [0.5, 0.6) is 0 Å². The van der Waals surface area contributed by atoms with Crippen LogP contribution in [0.15, 0.2) is 61.2 Å². The fourth-order valence-corrected chi connectivity index (χ4v) is 4.07. The van der Waals surface area contributed by atoms with Crippen molar-refractivity contribution in [3.8, 4) is 0 Å². The Balaban J connectivity index is 1.49. The van der Waals surface area contributed by atoms with Gasteiger partial charge in [0.2, 0.25) is 11.8 Å². The summed E-state index contributed by atoms with van der Waals surface area (Å²) in [5, 5.41) is 5.64. The van der Waals surface area contributed by atoms with Crippen molar-refractivity contribution in [2.45, 2.75) is 18.3 Å². The van der Waals surface area contributed by atoms with Gasteiger partial charge in [-0.3, -0.25) is 14.4 Å². The van der Waals surface area contributed by atoms with Crippen LogP contribution < -0.4 is 10.6 Å². The number of piperidine rings is 1. The smallest absolute Gasteiger partial charge is 0.253 e. The van der Waals surface area contributed by atoms with E-state index >= 15 is 0 Å². The van der Waals surface area contributed by atoms with Gasteiger partial charge in [-0.15, -0.1) is 0 Å². The SMILES string of the molecule is C=CC(=O)Nc1cccc(C(=O)N2CCC3(CC2)C(=O)Nc2ccccc23)c1. The molecule has 1 fully saturated rings. The normalized spacial score (nSPS) is 17.0. The number of anilines is 2. The van der Waals surface area contributed by atoms with E-state index in [1.165, 1.54) is 6.08 Å². The molecule has 142 valence electrons. The van der Waals surface area contributed by atoms with Gasteiger partial charge in [-0.25, -0.2) is 0 Å². The third-order valence-corrected chi connectivity index (χ3v) is 5.59. The molecule has 2 N–H and O–H groups in total. The van der Waals surface area contributed by atoms with E-state index < -0.39 is 5.41 Å². The molecule has 0 bridgehead atoms. The number of para-hydroxylation sites is 1. The quantitative estimate of drug-likeness (QED) is 0.810. The van der Waals surface area contributed by atoms with E-state index in [4.69, 9.17) is 0 Å². The van der Waals surface area contributed by atoms with E-state index in [0.29, 0.717) is 37.2 Å². The van der Waals surface area contributed by atoms with Crippen molar-refractivity contribution in [1.29, 1.82) is 0 Å². The number of likely N-dealkylation sites (tertiary alicyclic amines) is 1. The van der Waals surface area contributed by atoms with Crippen molar-refractivity contribution < 1.29 is 14.4 Å². The number of carbonyl (C=O) groups excluding carboxylic acids is 3. The third kappa shape index (κ3) is 2.97. The van der Waals surface area contributed by atoms with Crippen LogP contribution in [-0.2, 0) is 15.0 Å². The lowest BCUT2D eigenvalue weighted by molar-refractivity contribution is -0.122. The monoisotopic (exact) mass is 375 g/mol. The third-order valence-electron chi connectivity index (χ3n) is 5.59. The molecule has 0 atom stereocenters. The van der Waals surface area contributed by atoms with E-state index in [1.807, 2.05) is 24.3 Å². The average molecular weight is 375 g/mol. The maximum atomic E-state index is 12.9. The highest BCUT2D eigenvalue weighted by Gasteiger charge is 2.48. The number of fused-ring (bicyclic) bond motifs is 2. The summed E-state index contributed by atoms with van der Waals surface area (Å²) in [6.45, 7) is 4.43. The maximum absolute atomic E-state index is 12.9. The molecule has 6 heteroatoms. The highest BCUT2D eigenvalue weighted by molar-refractivity contribution is 6.06. The first-order valence-corrected chi connectivity index (χ1v) is 9.27. The van der Waals surface area contributed by atoms with Gasteiger partial charge in [-0.05, 0) is 48.7 Å². The molecule has 2 aromatic rings. The second-order valence-corrected chi connectivity index (χ2v) is 7.15. The molecule has 28 heavy (non-hydrogen) atoms. The molecule has 0 unspecified atom stereocenters. The fourth-order valence-electron chi connectivity index (χ4n) is 4.07. The van der Waals surface area contributed by atoms with Crippen molar-refractivity contribution in [2.24, 2.45) is 0 Å². The van der Waals surface area contributed by atoms with E-state index in [9.17, 15) is 14.4 Å². The number of benzene rings is 2. The molecule has 0 aromatic heterocycles. The minimum Gasteiger partial charge on any atom is -0.339 e. The molecular formula is C22H21N3O3. The number of hydrogen-bond donors (Lipinski definition) is 2. The van der Waals surface area contributed by atoms with Crippen molar-refractivity contribution in [2.75, 3.05) is 23.7 Å². The first-order valence-electron chi connectivity index (χ1n) is 9.27. The summed E-state index contributed by atoms with van der Waals surface area (Å²) in [4.78, 5) is 38.8. The first kappa shape index (κ1) is 18.0. The lowest BCUT2D eigenvalue weighted by atomic mass is 9.73. The number of hydrogen-bond acceptors (Lipinski definition) is 3. The second-order valence-electron chi connectivity index (χ2n) is 7.15. The Morgan fingerprint density at radius 2 is 1.86 bits per heavy atom. The summed E-state index contributed by atoms with van der Waals surface area (Å²) in [7, 11) is 0. The minimum atomic E-state index is -0.548. The van der Waals surface area contributed by atoms with E-state index in [-0.39, 0.29) is 17.7 Å². The molecule has 0 aliphatic carbocycles. The van der Waals surface area contributed by atoms with Gasteiger partial charge in [-0.2, -0.15) is 0 Å². The molecule has 2 aliphatic rings. The number of rotatable bonds is 3. The van der Waals surface area contributed by atoms with Gasteiger partial charge in [-0.1, -0.05) is 30.8 Å². The lowest BCUT2D eigenvalue weighted by Crippen LogP contribution is -2.48. The zero-order valence-corrected chi connectivity index (χ0v) is 15.4. The van der Waals surface area contributed by atoms with Crippen LogP contribution in [0.2, 0.25) is 0 Å². The van der Waals surface area contributed by atoms with Crippen LogP contribution in [-0.4, -0.2) is 35.7 Å². The molecule has 2 aliphatic heterocycles. The Labute approximate surface area is 163 Å². The molecular weight excluding hydrogens is 354 g/mol. The topological polar surface area (TPSA) is 78.5 Å². The van der Waals surface area contributed by atoms with E-state index in [2.05, 4.69) is 17.2 Å². The fraction of sp³-hybridized carbons (Fsp3) is 0.227. The number of amides is 3. The van der Waals surface area contributed by atoms with Crippen LogP contribution in [0.1, 0.15) is 28.8 Å². The summed E-state index contributed by atoms with van der Waals surface area (Å²) < 4.78 is 0. The minimum absolute atomic E-state index is 0.0231. The molecule has 0 saturated carbocycles. The van der Waals surface area contributed by atoms with Crippen LogP contribution in [0.3, 0.4) is 0 Å². The van der Waals surface area contributed by atoms with Gasteiger partial charge in [0.25, 0.3) is 5.91 Å². The molecule has 2 aromatic carbocycles. The zero-order valence-electron chi connectivity index (χ0n) is 15.4. The maximum Gasteiger partial charge on any atom is 0.253 e. The van der Waals surface area contributed by atoms with Crippen molar-refractivity contribution in [3.05, 3.63) is 72.3 Å². The molecule has 4 rings (SSSR count). The molecule has 2 heterocycles. The summed E-state index contributed by atoms with van der Waals surface area (Å²) in [6, 6.07) is 14.6. The zero-order chi connectivity index (χ0) is 19.7. The second kappa shape index (κ2) is 6.96. The van der Waals surface area contributed by atoms with Gasteiger partial charge in [0, 0.05) is 30.0 Å². The molecule has 3 amide bonds. The summed E-state index contributed by atoms with van der Waals surface area (Å²) in [5.74, 6) is -0.401. The number of nitrogens with zero attached hydrogens (tertiary/aromatic N) is 1. The highest BCUT2D eigenvalue weighted by atomic mass is 16.2. The Morgan fingerprint density at radius 1 is 1.11 bits per heavy atom. The van der Waals surface area contributed by atoms with Crippen LogP contribution >= 0.6 is 0 Å². The standard InChI is InChI=1S/C22H21N3O3/c1-2-19(26)23-16-7-5-6-15(14-16)20(27)25-12-10-22(11-13-25)17-8-3-4-9-18(17)24-21(22)28/h2-9,14H,1,10-13H2,(H,23,26)(H,24,28). The molecule has 6 nitrogen and oxygen atoms in total. The van der Waals surface area contributed by atoms with Crippen LogP contribution in [0.25, 0.3) is 0 Å². The Morgan fingerprint density at radius 3 is 2.61 bits per heavy atom. The Hall–Kier alpha value is -3.41. The van der Waals surface area contributed by atoms with Gasteiger partial charge < -0.3 is 15.5 Å². The highest BCUT2D eigenvalue weighted by Crippen LogP contribution is 2.44. The van der Waals surface area contributed by atoms with Crippen LogP contribution in [0, 0.1) is 0 Å². The lowest BCUT2D eigenvalue weighted by Gasteiger charge is -2.38. The van der Waals surface area contributed by atoms with Crippen molar-refractivity contribution in [3.63, 3.8) is 0 Å². The predicted octanol–water partition coefficient (Wildman–Crippen LogP) is 2.94. The molecule has 0 radical (unpaired) electrons. The Bertz CT molecular complexity index is 974. The van der Waals surface area contributed by atoms with E-state index in [1.54, 1.807) is 29.2 Å². The number of carbonyl (C=O) groups is 3. The average Bonchev–Trinajstić information content (AvgIpc) is 2.99. The summed E-state index contributed by atoms with van der Waals surface area (Å²) in [5.41, 5.74) is 2.41. The molecule has 1 saturated heterocycles. The molecule has 1 spiro atoms. The van der Waals surface area contributed by atoms with Gasteiger partial charge in [0.05, 0.1) is 5.41 Å². The van der Waals surface area contributed by atoms with Crippen LogP contribution in [0.4, 0.5) is 11.4 Å². The van der Waals surface area contributed by atoms with E-state index in [0.717, 1.165) is 11.3 Å². The van der Waals surface area contributed by atoms with Crippen molar-refractivity contribution in [1.82, 2.24) is 4.90 Å². The Kier molecular flexibility index (Phi) is 4.47. The first-order chi connectivity index (χ1) is 13.5. The van der Waals surface area contributed by atoms with Gasteiger partial charge in [0.15, 0.2) is 0 Å². The number of nitrogens with one attached hydrogen (secondary N) is 2. The largest absolute Gasteiger partial charge is 0.339 e. The van der Waals surface area contributed by atoms with Crippen molar-refractivity contribution >= 4 is 29.1 Å². The summed E-state index contributed by atoms with van der Waals surface area (Å²) in [6.07, 6.45) is 2.37. The van der Waals surface area contributed by atoms with Gasteiger partial charge >= 0.3 is 0 Å². The predicted molar refractivity (Wildman–Crippen MR) is 107 cm³/mol. The van der Waals surface area contributed by atoms with Gasteiger partial charge in [0.1, 0.15) is 0 Å². The summed E-state index contributed by atoms with van der Waals surface area (Å²) >= 11 is 0.